The Kier molecular flexibility index (Phi) is 4.78. The predicted octanol–water partition coefficient (Wildman–Crippen LogP) is 1.76. The number of hydrogen-bond donors (Lipinski definition) is 2. The zero-order valence-electron chi connectivity index (χ0n) is 11.2. The van der Waals surface area contributed by atoms with Crippen LogP contribution in [-0.4, -0.2) is 24.3 Å². The van der Waals surface area contributed by atoms with Crippen LogP contribution in [0.15, 0.2) is 18.2 Å². The van der Waals surface area contributed by atoms with E-state index in [1.807, 2.05) is 18.2 Å². The third-order valence-electron chi connectivity index (χ3n) is 3.80. The van der Waals surface area contributed by atoms with Gasteiger partial charge in [-0.25, -0.2) is 0 Å². The molecule has 4 heteroatoms. The Morgan fingerprint density at radius 1 is 1.42 bits per heavy atom. The first kappa shape index (κ1) is 13.9. The molecule has 3 N–H and O–H groups in total. The first-order valence-electron chi connectivity index (χ1n) is 6.90. The van der Waals surface area contributed by atoms with Crippen molar-refractivity contribution < 1.29 is 5.11 Å². The minimum Gasteiger partial charge on any atom is -0.396 e. The van der Waals surface area contributed by atoms with Gasteiger partial charge in [-0.1, -0.05) is 6.07 Å². The monoisotopic (exact) mass is 259 g/mol. The number of nitriles is 1. The highest BCUT2D eigenvalue weighted by Gasteiger charge is 2.26. The second kappa shape index (κ2) is 6.55. The molecule has 0 heterocycles. The molecule has 0 atom stereocenters. The topological polar surface area (TPSA) is 73.3 Å². The van der Waals surface area contributed by atoms with Crippen molar-refractivity contribution in [1.82, 2.24) is 0 Å². The van der Waals surface area contributed by atoms with E-state index in [2.05, 4.69) is 11.0 Å². The summed E-state index contributed by atoms with van der Waals surface area (Å²) in [7, 11) is 0. The molecule has 0 radical (unpaired) electrons. The molecular weight excluding hydrogens is 238 g/mol. The van der Waals surface area contributed by atoms with Crippen LogP contribution in [0.25, 0.3) is 0 Å². The quantitative estimate of drug-likeness (QED) is 0.816. The van der Waals surface area contributed by atoms with Crippen molar-refractivity contribution in [3.63, 3.8) is 0 Å². The Labute approximate surface area is 114 Å². The molecule has 1 aliphatic rings. The summed E-state index contributed by atoms with van der Waals surface area (Å²) in [4.78, 5) is 2.28. The molecule has 0 aliphatic heterocycles. The van der Waals surface area contributed by atoms with E-state index in [9.17, 15) is 5.26 Å². The maximum atomic E-state index is 9.32. The van der Waals surface area contributed by atoms with Gasteiger partial charge in [0.25, 0.3) is 0 Å². The van der Waals surface area contributed by atoms with Gasteiger partial charge in [0.1, 0.15) is 6.07 Å². The Morgan fingerprint density at radius 3 is 2.74 bits per heavy atom. The zero-order valence-corrected chi connectivity index (χ0v) is 11.2. The maximum absolute atomic E-state index is 9.32. The van der Waals surface area contributed by atoms with Crippen LogP contribution >= 0.6 is 0 Å². The number of nitrogens with zero attached hydrogens (tertiary/aromatic N) is 2. The van der Waals surface area contributed by atoms with Crippen LogP contribution in [0.2, 0.25) is 0 Å². The minimum atomic E-state index is 0.186. The number of rotatable bonds is 6. The SMILES string of the molecule is N#Cc1cc(CN)ccc1N(CCCO)C1CCC1. The zero-order chi connectivity index (χ0) is 13.7. The molecule has 0 saturated heterocycles. The fraction of sp³-hybridized carbons (Fsp3) is 0.533. The molecule has 1 saturated carbocycles. The second-order valence-corrected chi connectivity index (χ2v) is 5.02. The molecule has 0 amide bonds. The van der Waals surface area contributed by atoms with Gasteiger partial charge >= 0.3 is 0 Å². The molecule has 4 nitrogen and oxygen atoms in total. The van der Waals surface area contributed by atoms with Crippen molar-refractivity contribution in [3.8, 4) is 6.07 Å². The number of aliphatic hydroxyl groups is 1. The van der Waals surface area contributed by atoms with Gasteiger partial charge in [0.2, 0.25) is 0 Å². The maximum Gasteiger partial charge on any atom is 0.101 e. The average molecular weight is 259 g/mol. The Balaban J connectivity index is 2.27. The molecule has 0 spiro atoms. The molecule has 0 bridgehead atoms. The van der Waals surface area contributed by atoms with Gasteiger partial charge in [-0.2, -0.15) is 5.26 Å². The lowest BCUT2D eigenvalue weighted by atomic mass is 9.90. The van der Waals surface area contributed by atoms with Crippen molar-refractivity contribution >= 4 is 5.69 Å². The van der Waals surface area contributed by atoms with Crippen LogP contribution in [0.3, 0.4) is 0 Å². The van der Waals surface area contributed by atoms with Crippen molar-refractivity contribution in [2.75, 3.05) is 18.1 Å². The van der Waals surface area contributed by atoms with E-state index < -0.39 is 0 Å². The van der Waals surface area contributed by atoms with Gasteiger partial charge in [-0.15, -0.1) is 0 Å². The highest BCUT2D eigenvalue weighted by Crippen LogP contribution is 2.32. The first-order valence-corrected chi connectivity index (χ1v) is 6.90. The van der Waals surface area contributed by atoms with Crippen LogP contribution in [0.1, 0.15) is 36.8 Å². The normalized spacial score (nSPS) is 14.8. The van der Waals surface area contributed by atoms with Gasteiger partial charge in [-0.05, 0) is 43.4 Å². The van der Waals surface area contributed by atoms with Crippen LogP contribution in [0.5, 0.6) is 0 Å². The molecule has 2 rings (SSSR count). The average Bonchev–Trinajstić information content (AvgIpc) is 2.40. The second-order valence-electron chi connectivity index (χ2n) is 5.02. The van der Waals surface area contributed by atoms with Gasteiger partial charge in [0.15, 0.2) is 0 Å². The minimum absolute atomic E-state index is 0.186. The summed E-state index contributed by atoms with van der Waals surface area (Å²) in [6, 6.07) is 8.64. The summed E-state index contributed by atoms with van der Waals surface area (Å²) in [5, 5.41) is 18.4. The van der Waals surface area contributed by atoms with Gasteiger partial charge in [-0.3, -0.25) is 0 Å². The van der Waals surface area contributed by atoms with Crippen molar-refractivity contribution in [2.45, 2.75) is 38.3 Å². The summed E-state index contributed by atoms with van der Waals surface area (Å²) in [5.74, 6) is 0. The Bertz CT molecular complexity index is 463. The van der Waals surface area contributed by atoms with E-state index in [1.54, 1.807) is 0 Å². The van der Waals surface area contributed by atoms with Crippen molar-refractivity contribution in [1.29, 1.82) is 5.26 Å². The first-order chi connectivity index (χ1) is 9.30. The van der Waals surface area contributed by atoms with Gasteiger partial charge < -0.3 is 15.7 Å². The van der Waals surface area contributed by atoms with E-state index in [-0.39, 0.29) is 6.61 Å². The third kappa shape index (κ3) is 3.06. The largest absolute Gasteiger partial charge is 0.396 e. The number of anilines is 1. The highest BCUT2D eigenvalue weighted by atomic mass is 16.3. The number of hydrogen-bond acceptors (Lipinski definition) is 4. The lowest BCUT2D eigenvalue weighted by Crippen LogP contribution is -2.41. The van der Waals surface area contributed by atoms with E-state index >= 15 is 0 Å². The van der Waals surface area contributed by atoms with E-state index in [1.165, 1.54) is 19.3 Å². The molecule has 1 aromatic rings. The molecule has 19 heavy (non-hydrogen) atoms. The van der Waals surface area contributed by atoms with Crippen LogP contribution < -0.4 is 10.6 Å². The molecule has 1 fully saturated rings. The standard InChI is InChI=1S/C15H21N3O/c16-10-12-5-6-15(13(9-12)11-17)18(7-2-8-19)14-3-1-4-14/h5-6,9,14,19H,1-4,7-8,10,16H2. The molecule has 102 valence electrons. The fourth-order valence-corrected chi connectivity index (χ4v) is 2.49. The third-order valence-corrected chi connectivity index (χ3v) is 3.80. The summed E-state index contributed by atoms with van der Waals surface area (Å²) >= 11 is 0. The summed E-state index contributed by atoms with van der Waals surface area (Å²) in [6.45, 7) is 1.44. The lowest BCUT2D eigenvalue weighted by Gasteiger charge is -2.39. The van der Waals surface area contributed by atoms with Crippen molar-refractivity contribution in [2.24, 2.45) is 5.73 Å². The van der Waals surface area contributed by atoms with Gasteiger partial charge in [0.05, 0.1) is 11.3 Å². The number of benzene rings is 1. The number of nitrogens with two attached hydrogens (primary N) is 1. The molecule has 0 unspecified atom stereocenters. The Morgan fingerprint density at radius 2 is 2.21 bits per heavy atom. The van der Waals surface area contributed by atoms with E-state index in [4.69, 9.17) is 10.8 Å². The Hall–Kier alpha value is -1.57. The van der Waals surface area contributed by atoms with Crippen LogP contribution in [-0.2, 0) is 6.54 Å². The molecule has 0 aromatic heterocycles. The van der Waals surface area contributed by atoms with Gasteiger partial charge in [0, 0.05) is 25.7 Å². The summed E-state index contributed by atoms with van der Waals surface area (Å²) < 4.78 is 0. The summed E-state index contributed by atoms with van der Waals surface area (Å²) in [5.41, 5.74) is 8.28. The molecule has 1 aliphatic carbocycles. The molecule has 1 aromatic carbocycles. The smallest absolute Gasteiger partial charge is 0.101 e. The van der Waals surface area contributed by atoms with Crippen LogP contribution in [0.4, 0.5) is 5.69 Å². The van der Waals surface area contributed by atoms with Crippen LogP contribution in [0, 0.1) is 11.3 Å². The fourth-order valence-electron chi connectivity index (χ4n) is 2.49. The van der Waals surface area contributed by atoms with E-state index in [0.29, 0.717) is 18.2 Å². The number of aliphatic hydroxyl groups excluding tert-OH is 1. The lowest BCUT2D eigenvalue weighted by molar-refractivity contribution is 0.283. The van der Waals surface area contributed by atoms with E-state index in [0.717, 1.165) is 24.2 Å². The van der Waals surface area contributed by atoms with Crippen molar-refractivity contribution in [3.05, 3.63) is 29.3 Å². The highest BCUT2D eigenvalue weighted by molar-refractivity contribution is 5.61. The molecular formula is C15H21N3O. The summed E-state index contributed by atoms with van der Waals surface area (Å²) in [6.07, 6.45) is 4.34. The predicted molar refractivity (Wildman–Crippen MR) is 75.7 cm³/mol.